The number of nitrogens with zero attached hydrogens (tertiary/aromatic N) is 11. The van der Waals surface area contributed by atoms with Crippen molar-refractivity contribution in [3.8, 4) is 23.0 Å². The van der Waals surface area contributed by atoms with Gasteiger partial charge in [-0.1, -0.05) is 35.9 Å². The molecule has 9 heterocycles. The lowest BCUT2D eigenvalue weighted by Crippen LogP contribution is -2.37. The number of H-pyrrole nitrogens is 2. The van der Waals surface area contributed by atoms with E-state index in [0.29, 0.717) is 11.1 Å². The molecule has 7 aromatic heterocycles. The van der Waals surface area contributed by atoms with Gasteiger partial charge in [-0.25, -0.2) is 43.3 Å². The zero-order valence-electron chi connectivity index (χ0n) is 38.9. The van der Waals surface area contributed by atoms with E-state index in [2.05, 4.69) is 65.7 Å². The van der Waals surface area contributed by atoms with Crippen LogP contribution in [-0.2, 0) is 33.3 Å². The van der Waals surface area contributed by atoms with Crippen molar-refractivity contribution in [2.24, 2.45) is 0 Å². The number of aryl methyl sites for hydroxylation is 3. The molecule has 4 N–H and O–H groups in total. The Balaban J connectivity index is 0.000000182. The fourth-order valence-corrected chi connectivity index (χ4v) is 8.55. The van der Waals surface area contributed by atoms with E-state index >= 15 is 0 Å². The molecule has 19 nitrogen and oxygen atoms in total. The van der Waals surface area contributed by atoms with Crippen LogP contribution in [0.3, 0.4) is 0 Å². The smallest absolute Gasteiger partial charge is 0.309 e. The third-order valence-corrected chi connectivity index (χ3v) is 12.7. The van der Waals surface area contributed by atoms with Gasteiger partial charge < -0.3 is 20.6 Å². The highest BCUT2D eigenvalue weighted by atomic mass is 19.4. The summed E-state index contributed by atoms with van der Waals surface area (Å²) in [7, 11) is 0. The van der Waals surface area contributed by atoms with Crippen LogP contribution in [0, 0.1) is 6.92 Å². The van der Waals surface area contributed by atoms with Crippen LogP contribution < -0.4 is 21.8 Å². The number of fused-ring (bicyclic) bond motifs is 4. The van der Waals surface area contributed by atoms with Crippen LogP contribution in [0.4, 0.5) is 51.1 Å². The first-order chi connectivity index (χ1) is 34.8. The Labute approximate surface area is 409 Å². The third kappa shape index (κ3) is 9.07. The average Bonchev–Trinajstić information content (AvgIpc) is 4.13. The standard InChI is InChI=1S/C23H18F5N7O2.C23H20F4N8O2/c1-11-3-5-12(6-4-11)21(2)15-17(34-20(21)37)32-16(33-19(15)36)14-9-35-18(29-10-30-35)13(31-14)7-8-22(24,25)23(26,27)28;1-11(24)12-5-6-15(28-8-12)22(2)16-18(34-21(22)37)32-17(33-20(16)36)14-9-35-19(29-10-30-35)13(31-14)4-3-7-23(25,26)27/h3-6,9-10H,7-8H2,1-2H3,(H2,32,33,34,36,37);5-6,8-11H,3-4,7H2,1-2H3,(H2,32,33,34,36,37)/t21-;/m0./s1. The van der Waals surface area contributed by atoms with Crippen LogP contribution in [-0.4, -0.2) is 94.2 Å². The van der Waals surface area contributed by atoms with Crippen LogP contribution in [0.1, 0.15) is 91.1 Å². The molecule has 0 bridgehead atoms. The Morgan fingerprint density at radius 1 is 0.649 bits per heavy atom. The van der Waals surface area contributed by atoms with E-state index in [-0.39, 0.29) is 87.0 Å². The molecular formula is C46H38F9N15O4. The quantitative estimate of drug-likeness (QED) is 0.0953. The predicted molar refractivity (Wildman–Crippen MR) is 243 cm³/mol. The number of pyridine rings is 1. The zero-order valence-corrected chi connectivity index (χ0v) is 38.9. The topological polar surface area (TPSA) is 249 Å². The number of carbonyl (C=O) groups is 2. The van der Waals surface area contributed by atoms with Gasteiger partial charge in [0.25, 0.3) is 11.1 Å². The van der Waals surface area contributed by atoms with Crippen LogP contribution in [0.2, 0.25) is 0 Å². The molecule has 0 saturated carbocycles. The molecule has 74 heavy (non-hydrogen) atoms. The molecule has 0 spiro atoms. The summed E-state index contributed by atoms with van der Waals surface area (Å²) in [6.07, 6.45) is -8.50. The minimum Gasteiger partial charge on any atom is -0.309 e. The van der Waals surface area contributed by atoms with Crippen molar-refractivity contribution in [1.29, 1.82) is 0 Å². The molecule has 2 aliphatic heterocycles. The van der Waals surface area contributed by atoms with Crippen LogP contribution in [0.5, 0.6) is 0 Å². The van der Waals surface area contributed by atoms with E-state index in [9.17, 15) is 58.7 Å². The second-order valence-corrected chi connectivity index (χ2v) is 17.8. The summed E-state index contributed by atoms with van der Waals surface area (Å²) in [6.45, 7) is 6.35. The van der Waals surface area contributed by atoms with E-state index in [1.807, 2.05) is 19.1 Å². The van der Waals surface area contributed by atoms with Crippen molar-refractivity contribution in [2.45, 2.75) is 95.1 Å². The maximum Gasteiger partial charge on any atom is 0.453 e. The summed E-state index contributed by atoms with van der Waals surface area (Å²) >= 11 is 0. The van der Waals surface area contributed by atoms with E-state index in [1.165, 1.54) is 55.4 Å². The summed E-state index contributed by atoms with van der Waals surface area (Å²) in [5.41, 5.74) is -1.51. The number of hydrogen-bond donors (Lipinski definition) is 4. The van der Waals surface area contributed by atoms with Gasteiger partial charge in [-0.05, 0) is 58.6 Å². The minimum absolute atomic E-state index is 0.00454. The van der Waals surface area contributed by atoms with Crippen molar-refractivity contribution in [3.63, 3.8) is 0 Å². The normalized spacial score (nSPS) is 18.0. The molecule has 2 aliphatic rings. The summed E-state index contributed by atoms with van der Waals surface area (Å²) in [6, 6.07) is 10.1. The minimum atomic E-state index is -5.72. The van der Waals surface area contributed by atoms with E-state index < -0.39 is 77.5 Å². The van der Waals surface area contributed by atoms with Crippen molar-refractivity contribution in [3.05, 3.63) is 133 Å². The maximum absolute atomic E-state index is 13.6. The van der Waals surface area contributed by atoms with Crippen molar-refractivity contribution < 1.29 is 49.1 Å². The highest BCUT2D eigenvalue weighted by molar-refractivity contribution is 6.08. The molecular weight excluding hydrogens is 998 g/mol. The largest absolute Gasteiger partial charge is 0.453 e. The Bertz CT molecular complexity index is 3630. The monoisotopic (exact) mass is 1040 g/mol. The molecule has 8 aromatic rings. The fraction of sp³-hybridized carbons (Fsp3) is 0.326. The van der Waals surface area contributed by atoms with Gasteiger partial charge >= 0.3 is 18.3 Å². The molecule has 2 unspecified atom stereocenters. The van der Waals surface area contributed by atoms with Gasteiger partial charge in [0.15, 0.2) is 22.9 Å². The van der Waals surface area contributed by atoms with Gasteiger partial charge in [-0.15, -0.1) is 0 Å². The molecule has 3 atom stereocenters. The van der Waals surface area contributed by atoms with Crippen molar-refractivity contribution in [1.82, 2.24) is 64.1 Å². The molecule has 10 rings (SSSR count). The van der Waals surface area contributed by atoms with Crippen LogP contribution in [0.25, 0.3) is 34.3 Å². The van der Waals surface area contributed by atoms with E-state index in [0.717, 1.165) is 16.4 Å². The predicted octanol–water partition coefficient (Wildman–Crippen LogP) is 7.01. The van der Waals surface area contributed by atoms with Gasteiger partial charge in [-0.2, -0.15) is 45.3 Å². The van der Waals surface area contributed by atoms with E-state index in [4.69, 9.17) is 0 Å². The third-order valence-electron chi connectivity index (χ3n) is 12.7. The molecule has 28 heteroatoms. The van der Waals surface area contributed by atoms with Crippen LogP contribution >= 0.6 is 0 Å². The highest BCUT2D eigenvalue weighted by Crippen LogP contribution is 2.42. The molecule has 0 radical (unpaired) electrons. The van der Waals surface area contributed by atoms with Gasteiger partial charge in [0.05, 0.1) is 40.6 Å². The Morgan fingerprint density at radius 2 is 1.16 bits per heavy atom. The number of carbonyl (C=O) groups excluding carboxylic acids is 2. The van der Waals surface area contributed by atoms with Gasteiger partial charge in [0.1, 0.15) is 52.7 Å². The second-order valence-electron chi connectivity index (χ2n) is 17.8. The number of benzene rings is 1. The molecule has 0 saturated heterocycles. The first-order valence-corrected chi connectivity index (χ1v) is 22.3. The number of rotatable bonds is 11. The fourth-order valence-electron chi connectivity index (χ4n) is 8.55. The molecule has 0 aliphatic carbocycles. The van der Waals surface area contributed by atoms with Crippen molar-refractivity contribution in [2.75, 3.05) is 10.6 Å². The van der Waals surface area contributed by atoms with Gasteiger partial charge in [0.2, 0.25) is 11.8 Å². The SMILES string of the molecule is CC(F)c1ccc(C2(C)C(=O)Nc3nc(-c4cn5ncnc5c(CCCC(F)(F)F)n4)[nH]c(=O)c32)nc1.Cc1ccc([C@]2(C)C(=O)Nc3nc(-c4cn5ncnc5c(CCC(F)(F)C(F)(F)F)n4)[nH]c(=O)c32)cc1. The average molecular weight is 1040 g/mol. The van der Waals surface area contributed by atoms with Crippen LogP contribution in [0.15, 0.2) is 77.2 Å². The number of anilines is 2. The summed E-state index contributed by atoms with van der Waals surface area (Å²) in [5, 5.41) is 13.1. The first-order valence-electron chi connectivity index (χ1n) is 22.3. The van der Waals surface area contributed by atoms with E-state index in [1.54, 1.807) is 19.1 Å². The lowest BCUT2D eigenvalue weighted by molar-refractivity contribution is -0.284. The maximum atomic E-state index is 13.6. The Kier molecular flexibility index (Phi) is 12.4. The Hall–Kier alpha value is -8.46. The molecule has 384 valence electrons. The number of halogens is 9. The van der Waals surface area contributed by atoms with Gasteiger partial charge in [0, 0.05) is 24.6 Å². The number of aromatic amines is 2. The number of amides is 2. The van der Waals surface area contributed by atoms with Gasteiger partial charge in [-0.3, -0.25) is 24.2 Å². The molecule has 0 fully saturated rings. The first kappa shape index (κ1) is 50.5. The zero-order chi connectivity index (χ0) is 53.3. The lowest BCUT2D eigenvalue weighted by atomic mass is 9.78. The molecule has 1 aromatic carbocycles. The highest BCUT2D eigenvalue weighted by Gasteiger charge is 2.57. The summed E-state index contributed by atoms with van der Waals surface area (Å²) in [4.78, 5) is 87.0. The lowest BCUT2D eigenvalue weighted by Gasteiger charge is -2.22. The number of alkyl halides is 9. The Morgan fingerprint density at radius 3 is 1.65 bits per heavy atom. The van der Waals surface area contributed by atoms with Crippen molar-refractivity contribution >= 4 is 34.7 Å². The number of hydrogen-bond acceptors (Lipinski definition) is 13. The summed E-state index contributed by atoms with van der Waals surface area (Å²) in [5.74, 6) is -6.13. The number of aromatic nitrogens is 13. The second kappa shape index (κ2) is 18.2. The number of nitrogens with one attached hydrogen (secondary N) is 4. The summed E-state index contributed by atoms with van der Waals surface area (Å²) < 4.78 is 119. The molecule has 2 amide bonds.